The number of anilines is 1. The molecular weight excluding hydrogens is 442 g/mol. The largest absolute Gasteiger partial charge is 0.378 e. The van der Waals surface area contributed by atoms with Crippen molar-refractivity contribution in [3.8, 4) is 6.07 Å². The summed E-state index contributed by atoms with van der Waals surface area (Å²) < 4.78 is 8.42. The van der Waals surface area contributed by atoms with E-state index in [2.05, 4.69) is 52.8 Å². The fourth-order valence-corrected chi connectivity index (χ4v) is 5.17. The molecule has 4 rings (SSSR count). The summed E-state index contributed by atoms with van der Waals surface area (Å²) in [5, 5.41) is 13.8. The Kier molecular flexibility index (Phi) is 7.53. The average molecular weight is 478 g/mol. The van der Waals surface area contributed by atoms with Gasteiger partial charge >= 0.3 is 0 Å². The first-order valence-electron chi connectivity index (χ1n) is 12.3. The molecule has 0 amide bonds. The molecule has 0 radical (unpaired) electrons. The predicted molar refractivity (Wildman–Crippen MR) is 136 cm³/mol. The topological polar surface area (TPSA) is 92.2 Å². The Bertz CT molecular complexity index is 1260. The lowest BCUT2D eigenvalue weighted by Gasteiger charge is -2.49. The number of aromatic nitrogens is 4. The van der Waals surface area contributed by atoms with Gasteiger partial charge in [-0.3, -0.25) is 19.4 Å². The van der Waals surface area contributed by atoms with Gasteiger partial charge in [-0.05, 0) is 31.4 Å². The zero-order valence-electron chi connectivity index (χ0n) is 21.3. The lowest BCUT2D eigenvalue weighted by atomic mass is 9.97. The minimum atomic E-state index is -0.0649. The molecular formula is C26H35N7O2. The predicted octanol–water partition coefficient (Wildman–Crippen LogP) is 3.24. The van der Waals surface area contributed by atoms with E-state index >= 15 is 0 Å². The SMILES string of the molecule is CC[C@H]1CN([C@H](C)c2ccc(COC)nc2)[C@H](CC)CN1c1cc(=O)n(C)c2cn(CC#N)nc12. The van der Waals surface area contributed by atoms with Gasteiger partial charge in [0.2, 0.25) is 0 Å². The molecule has 3 atom stereocenters. The van der Waals surface area contributed by atoms with Crippen molar-refractivity contribution in [1.82, 2.24) is 24.2 Å². The van der Waals surface area contributed by atoms with Crippen molar-refractivity contribution >= 4 is 16.7 Å². The Hall–Kier alpha value is -3.22. The number of methoxy groups -OCH3 is 1. The third-order valence-electron chi connectivity index (χ3n) is 7.28. The molecule has 9 heteroatoms. The van der Waals surface area contributed by atoms with Crippen LogP contribution in [-0.4, -0.2) is 56.5 Å². The van der Waals surface area contributed by atoms with Crippen LogP contribution in [0.15, 0.2) is 35.4 Å². The summed E-state index contributed by atoms with van der Waals surface area (Å²) in [6.07, 6.45) is 5.69. The van der Waals surface area contributed by atoms with Crippen LogP contribution in [0.1, 0.15) is 50.9 Å². The van der Waals surface area contributed by atoms with Crippen LogP contribution in [-0.2, 0) is 24.9 Å². The van der Waals surface area contributed by atoms with Crippen LogP contribution in [0.3, 0.4) is 0 Å². The van der Waals surface area contributed by atoms with Gasteiger partial charge in [-0.1, -0.05) is 19.9 Å². The monoisotopic (exact) mass is 477 g/mol. The highest BCUT2D eigenvalue weighted by Gasteiger charge is 2.36. The van der Waals surface area contributed by atoms with Gasteiger partial charge in [-0.25, -0.2) is 0 Å². The van der Waals surface area contributed by atoms with Crippen molar-refractivity contribution in [1.29, 1.82) is 5.26 Å². The van der Waals surface area contributed by atoms with Gasteiger partial charge in [0.05, 0.1) is 35.8 Å². The van der Waals surface area contributed by atoms with Crippen molar-refractivity contribution in [3.05, 3.63) is 52.2 Å². The first kappa shape index (κ1) is 24.9. The maximum Gasteiger partial charge on any atom is 0.252 e. The van der Waals surface area contributed by atoms with Crippen LogP contribution in [0.25, 0.3) is 11.0 Å². The maximum absolute atomic E-state index is 12.8. The number of pyridine rings is 2. The Balaban J connectivity index is 1.67. The molecule has 9 nitrogen and oxygen atoms in total. The van der Waals surface area contributed by atoms with Crippen LogP contribution >= 0.6 is 0 Å². The lowest BCUT2D eigenvalue weighted by Crippen LogP contribution is -2.58. The highest BCUT2D eigenvalue weighted by molar-refractivity contribution is 5.88. The summed E-state index contributed by atoms with van der Waals surface area (Å²) in [6, 6.07) is 8.80. The summed E-state index contributed by atoms with van der Waals surface area (Å²) in [5.74, 6) is 0. The van der Waals surface area contributed by atoms with E-state index in [4.69, 9.17) is 10.00 Å². The smallest absolute Gasteiger partial charge is 0.252 e. The molecule has 186 valence electrons. The summed E-state index contributed by atoms with van der Waals surface area (Å²) in [7, 11) is 3.43. The van der Waals surface area contributed by atoms with E-state index in [1.165, 1.54) is 5.56 Å². The number of hydrogen-bond acceptors (Lipinski definition) is 7. The average Bonchev–Trinajstić information content (AvgIpc) is 3.30. The fraction of sp³-hybridized carbons (Fsp3) is 0.538. The maximum atomic E-state index is 12.8. The normalized spacial score (nSPS) is 19.7. The number of fused-ring (bicyclic) bond motifs is 1. The van der Waals surface area contributed by atoms with Gasteiger partial charge in [0.25, 0.3) is 5.56 Å². The molecule has 0 N–H and O–H groups in total. The molecule has 0 bridgehead atoms. The molecule has 0 aliphatic carbocycles. The molecule has 1 aliphatic rings. The molecule has 0 saturated carbocycles. The van der Waals surface area contributed by atoms with E-state index in [-0.39, 0.29) is 24.2 Å². The highest BCUT2D eigenvalue weighted by atomic mass is 16.5. The molecule has 1 aliphatic heterocycles. The van der Waals surface area contributed by atoms with E-state index in [1.807, 2.05) is 12.3 Å². The van der Waals surface area contributed by atoms with Crippen LogP contribution in [0.4, 0.5) is 5.69 Å². The summed E-state index contributed by atoms with van der Waals surface area (Å²) >= 11 is 0. The van der Waals surface area contributed by atoms with E-state index in [9.17, 15) is 4.79 Å². The van der Waals surface area contributed by atoms with E-state index < -0.39 is 0 Å². The van der Waals surface area contributed by atoms with Crippen molar-refractivity contribution in [2.24, 2.45) is 7.05 Å². The molecule has 1 fully saturated rings. The fourth-order valence-electron chi connectivity index (χ4n) is 5.17. The van der Waals surface area contributed by atoms with Crippen LogP contribution in [0, 0.1) is 11.3 Å². The number of ether oxygens (including phenoxy) is 1. The van der Waals surface area contributed by atoms with Gasteiger partial charge < -0.3 is 14.2 Å². The number of rotatable bonds is 8. The molecule has 0 aromatic carbocycles. The second-order valence-electron chi connectivity index (χ2n) is 9.31. The van der Waals surface area contributed by atoms with Crippen LogP contribution < -0.4 is 10.5 Å². The Morgan fingerprint density at radius 3 is 2.63 bits per heavy atom. The minimum absolute atomic E-state index is 0.0649. The van der Waals surface area contributed by atoms with Gasteiger partial charge in [0, 0.05) is 57.6 Å². The summed E-state index contributed by atoms with van der Waals surface area (Å²) in [6.45, 7) is 9.01. The molecule has 0 unspecified atom stereocenters. The summed E-state index contributed by atoms with van der Waals surface area (Å²) in [4.78, 5) is 22.4. The third kappa shape index (κ3) is 4.81. The second-order valence-corrected chi connectivity index (χ2v) is 9.31. The molecule has 4 heterocycles. The van der Waals surface area contributed by atoms with Gasteiger partial charge in [0.15, 0.2) is 0 Å². The van der Waals surface area contributed by atoms with Gasteiger partial charge in [0.1, 0.15) is 12.1 Å². The van der Waals surface area contributed by atoms with E-state index in [1.54, 1.807) is 35.7 Å². The lowest BCUT2D eigenvalue weighted by molar-refractivity contribution is 0.101. The Morgan fingerprint density at radius 2 is 2.00 bits per heavy atom. The van der Waals surface area contributed by atoms with Crippen molar-refractivity contribution < 1.29 is 4.74 Å². The third-order valence-corrected chi connectivity index (χ3v) is 7.28. The summed E-state index contributed by atoms with van der Waals surface area (Å²) in [5.41, 5.74) is 4.45. The van der Waals surface area contributed by atoms with Crippen molar-refractivity contribution in [2.45, 2.75) is 64.9 Å². The van der Waals surface area contributed by atoms with Gasteiger partial charge in [-0.15, -0.1) is 0 Å². The van der Waals surface area contributed by atoms with Crippen LogP contribution in [0.2, 0.25) is 0 Å². The van der Waals surface area contributed by atoms with Crippen LogP contribution in [0.5, 0.6) is 0 Å². The first-order chi connectivity index (χ1) is 16.9. The van der Waals surface area contributed by atoms with Gasteiger partial charge in [-0.2, -0.15) is 10.4 Å². The number of nitrogens with zero attached hydrogens (tertiary/aromatic N) is 7. The highest BCUT2D eigenvalue weighted by Crippen LogP contribution is 2.34. The molecule has 0 spiro atoms. The number of hydrogen-bond donors (Lipinski definition) is 0. The Morgan fingerprint density at radius 1 is 1.23 bits per heavy atom. The standard InChI is InChI=1S/C26H35N7O2/c1-6-21-15-33(23-12-25(34)30(4)24-16-31(11-10-27)29-26(23)24)22(7-2)14-32(21)18(3)19-8-9-20(17-35-5)28-13-19/h8-9,12-13,16,18,21-22H,6-7,11,14-15,17H2,1-5H3/t18-,21-,22+/m1/s1. The number of piperazine rings is 1. The molecule has 1 saturated heterocycles. The number of nitriles is 1. The van der Waals surface area contributed by atoms with Crippen molar-refractivity contribution in [2.75, 3.05) is 25.1 Å². The second kappa shape index (κ2) is 10.6. The molecule has 35 heavy (non-hydrogen) atoms. The zero-order chi connectivity index (χ0) is 25.1. The molecule has 3 aromatic rings. The quantitative estimate of drug-likeness (QED) is 0.492. The van der Waals surface area contributed by atoms with E-state index in [0.717, 1.165) is 48.3 Å². The Labute approximate surface area is 206 Å². The number of aryl methyl sites for hydroxylation is 1. The first-order valence-corrected chi connectivity index (χ1v) is 12.3. The minimum Gasteiger partial charge on any atom is -0.378 e. The van der Waals surface area contributed by atoms with Crippen molar-refractivity contribution in [3.63, 3.8) is 0 Å². The van der Waals surface area contributed by atoms with E-state index in [0.29, 0.717) is 12.6 Å². The zero-order valence-corrected chi connectivity index (χ0v) is 21.3. The molecule has 3 aromatic heterocycles.